The minimum atomic E-state index is -0.452. The number of imidazole rings is 1. The average molecular weight is 455 g/mol. The predicted molar refractivity (Wildman–Crippen MR) is 125 cm³/mol. The molecule has 166 valence electrons. The molecule has 6 nitrogen and oxygen atoms in total. The van der Waals surface area contributed by atoms with Crippen LogP contribution in [0.15, 0.2) is 42.5 Å². The summed E-state index contributed by atoms with van der Waals surface area (Å²) in [7, 11) is 1.50. The van der Waals surface area contributed by atoms with E-state index < -0.39 is 5.82 Å². The third-order valence-corrected chi connectivity index (χ3v) is 5.89. The van der Waals surface area contributed by atoms with Crippen LogP contribution in [0.1, 0.15) is 31.4 Å². The number of hydrogen-bond donors (Lipinski definition) is 1. The molecule has 0 saturated heterocycles. The van der Waals surface area contributed by atoms with Gasteiger partial charge < -0.3 is 4.74 Å². The van der Waals surface area contributed by atoms with Gasteiger partial charge >= 0.3 is 0 Å². The Hall–Kier alpha value is -3.12. The summed E-state index contributed by atoms with van der Waals surface area (Å²) in [5.41, 5.74) is 7.21. The fraction of sp³-hybridized carbons (Fsp3) is 0.292. The number of aromatic nitrogens is 2. The molecule has 1 N–H and O–H groups in total. The molecule has 0 fully saturated rings. The van der Waals surface area contributed by atoms with E-state index in [-0.39, 0.29) is 18.2 Å². The summed E-state index contributed by atoms with van der Waals surface area (Å²) in [6.07, 6.45) is 4.94. The Kier molecular flexibility index (Phi) is 6.33. The van der Waals surface area contributed by atoms with Crippen molar-refractivity contribution in [3.63, 3.8) is 0 Å². The highest BCUT2D eigenvalue weighted by Gasteiger charge is 2.34. The first kappa shape index (κ1) is 22.1. The number of hydrogen-bond acceptors (Lipinski definition) is 5. The third kappa shape index (κ3) is 3.58. The Morgan fingerprint density at radius 2 is 1.91 bits per heavy atom. The summed E-state index contributed by atoms with van der Waals surface area (Å²) in [6, 6.07) is 12.6. The fourth-order valence-corrected chi connectivity index (χ4v) is 4.40. The van der Waals surface area contributed by atoms with Gasteiger partial charge in [0.15, 0.2) is 5.94 Å². The van der Waals surface area contributed by atoms with Crippen LogP contribution in [0.5, 0.6) is 5.75 Å². The summed E-state index contributed by atoms with van der Waals surface area (Å²) < 4.78 is 22.0. The van der Waals surface area contributed by atoms with Crippen LogP contribution in [0.4, 0.5) is 10.1 Å². The van der Waals surface area contributed by atoms with Crippen LogP contribution < -0.4 is 15.2 Å². The maximum Gasteiger partial charge on any atom is 0.221 e. The maximum absolute atomic E-state index is 15.1. The van der Waals surface area contributed by atoms with Gasteiger partial charge in [-0.25, -0.2) is 19.6 Å². The molecule has 0 saturated carbocycles. The van der Waals surface area contributed by atoms with E-state index in [0.29, 0.717) is 17.1 Å². The van der Waals surface area contributed by atoms with Crippen molar-refractivity contribution < 1.29 is 13.9 Å². The molecule has 0 amide bonds. The zero-order chi connectivity index (χ0) is 21.4. The minimum Gasteiger partial charge on any atom is -0.497 e. The number of fused-ring (bicyclic) bond motifs is 3. The molecule has 3 aromatic rings. The van der Waals surface area contributed by atoms with E-state index in [4.69, 9.17) is 9.72 Å². The second kappa shape index (κ2) is 9.17. The Morgan fingerprint density at radius 1 is 1.09 bits per heavy atom. The zero-order valence-electron chi connectivity index (χ0n) is 17.7. The number of aryl methyl sites for hydroxylation is 1. The number of halogens is 2. The molecule has 0 atom stereocenters. The smallest absolute Gasteiger partial charge is 0.221 e. The number of para-hydroxylation sites is 1. The number of benzene rings is 2. The number of nitrogens with one attached hydrogen (secondary N) is 1. The van der Waals surface area contributed by atoms with Gasteiger partial charge in [0.05, 0.1) is 29.7 Å². The SMILES string of the molecule is COc1ccc(-c2nc3c4n2C(=C=O)N(NCCCCCC3)c2ccccc2-4)c(F)c1.Cl. The first-order valence-corrected chi connectivity index (χ1v) is 10.6. The molecule has 5 rings (SSSR count). The highest BCUT2D eigenvalue weighted by atomic mass is 35.5. The molecular weight excluding hydrogens is 431 g/mol. The van der Waals surface area contributed by atoms with Gasteiger partial charge in [-0.1, -0.05) is 31.0 Å². The molecule has 4 bridgehead atoms. The lowest BCUT2D eigenvalue weighted by Gasteiger charge is -2.34. The third-order valence-electron chi connectivity index (χ3n) is 5.89. The van der Waals surface area contributed by atoms with Gasteiger partial charge in [0.1, 0.15) is 17.4 Å². The Labute approximate surface area is 192 Å². The maximum atomic E-state index is 15.1. The number of anilines is 1. The molecular formula is C24H24ClFN4O2. The molecule has 0 unspecified atom stereocenters. The number of rotatable bonds is 2. The molecule has 0 spiro atoms. The molecule has 0 aliphatic carbocycles. The average Bonchev–Trinajstić information content (AvgIpc) is 3.16. The lowest BCUT2D eigenvalue weighted by molar-refractivity contribution is 0.411. The molecule has 2 aliphatic heterocycles. The predicted octanol–water partition coefficient (Wildman–Crippen LogP) is 4.86. The molecule has 32 heavy (non-hydrogen) atoms. The molecule has 3 heterocycles. The first-order valence-electron chi connectivity index (χ1n) is 10.6. The summed E-state index contributed by atoms with van der Waals surface area (Å²) in [5, 5.41) is 1.76. The van der Waals surface area contributed by atoms with E-state index in [1.807, 2.05) is 24.3 Å². The lowest BCUT2D eigenvalue weighted by atomic mass is 10.0. The highest BCUT2D eigenvalue weighted by molar-refractivity contribution is 5.98. The summed E-state index contributed by atoms with van der Waals surface area (Å²) in [5.74, 6) is 2.72. The van der Waals surface area contributed by atoms with Crippen molar-refractivity contribution in [2.24, 2.45) is 0 Å². The Morgan fingerprint density at radius 3 is 2.69 bits per heavy atom. The summed E-state index contributed by atoms with van der Waals surface area (Å²) >= 11 is 0. The van der Waals surface area contributed by atoms with Crippen LogP contribution >= 0.6 is 12.4 Å². The van der Waals surface area contributed by atoms with E-state index in [1.54, 1.807) is 21.7 Å². The minimum absolute atomic E-state index is 0. The zero-order valence-corrected chi connectivity index (χ0v) is 18.5. The normalized spacial score (nSPS) is 15.2. The van der Waals surface area contributed by atoms with Crippen molar-refractivity contribution in [3.05, 3.63) is 54.0 Å². The quantitative estimate of drug-likeness (QED) is 0.560. The van der Waals surface area contributed by atoms with Crippen molar-refractivity contribution >= 4 is 29.9 Å². The Bertz CT molecular complexity index is 1200. The summed E-state index contributed by atoms with van der Waals surface area (Å²) in [4.78, 5) is 17.1. The molecule has 1 aromatic heterocycles. The van der Waals surface area contributed by atoms with Gasteiger partial charge in [-0.15, -0.1) is 12.4 Å². The number of ether oxygens (including phenoxy) is 1. The van der Waals surface area contributed by atoms with Crippen LogP contribution in [0, 0.1) is 5.82 Å². The van der Waals surface area contributed by atoms with Crippen molar-refractivity contribution in [1.29, 1.82) is 0 Å². The van der Waals surface area contributed by atoms with Crippen molar-refractivity contribution in [2.75, 3.05) is 18.7 Å². The number of carbonyl (C=O) groups excluding carboxylic acids is 1. The number of methoxy groups -OCH3 is 1. The van der Waals surface area contributed by atoms with Crippen LogP contribution in [-0.2, 0) is 11.2 Å². The Balaban J connectivity index is 0.00000245. The van der Waals surface area contributed by atoms with Gasteiger partial charge in [0.2, 0.25) is 5.82 Å². The molecule has 8 heteroatoms. The number of nitrogens with zero attached hydrogens (tertiary/aromatic N) is 3. The van der Waals surface area contributed by atoms with E-state index in [2.05, 4.69) is 11.4 Å². The topological polar surface area (TPSA) is 59.4 Å². The monoisotopic (exact) mass is 454 g/mol. The standard InChI is InChI=1S/C24H23FN4O2.ClH/c1-31-16-11-12-17(19(25)14-16)24-27-20-9-4-2-3-7-13-26-29-21-10-6-5-8-18(21)23(20)28(24)22(29)15-30;/h5-6,8,10-12,14,26H,2-4,7,9,13H2,1H3;1H. The van der Waals surface area contributed by atoms with Crippen LogP contribution in [0.3, 0.4) is 0 Å². The van der Waals surface area contributed by atoms with Crippen LogP contribution in [0.25, 0.3) is 28.5 Å². The lowest BCUT2D eigenvalue weighted by Crippen LogP contribution is -2.42. The van der Waals surface area contributed by atoms with E-state index >= 15 is 4.39 Å². The van der Waals surface area contributed by atoms with Crippen molar-refractivity contribution in [3.8, 4) is 28.4 Å². The second-order valence-corrected chi connectivity index (χ2v) is 7.76. The largest absolute Gasteiger partial charge is 0.497 e. The van der Waals surface area contributed by atoms with Crippen molar-refractivity contribution in [1.82, 2.24) is 15.0 Å². The van der Waals surface area contributed by atoms with E-state index in [1.165, 1.54) is 13.2 Å². The van der Waals surface area contributed by atoms with Crippen molar-refractivity contribution in [2.45, 2.75) is 32.1 Å². The van der Waals surface area contributed by atoms with Gasteiger partial charge in [-0.05, 0) is 37.5 Å². The second-order valence-electron chi connectivity index (χ2n) is 7.76. The highest BCUT2D eigenvalue weighted by Crippen LogP contribution is 2.44. The number of hydrazine groups is 1. The molecule has 2 aliphatic rings. The molecule has 0 radical (unpaired) electrons. The first-order chi connectivity index (χ1) is 15.2. The van der Waals surface area contributed by atoms with Crippen LogP contribution in [-0.4, -0.2) is 29.1 Å². The van der Waals surface area contributed by atoms with Crippen LogP contribution in [0.2, 0.25) is 0 Å². The van der Waals surface area contributed by atoms with Gasteiger partial charge in [0, 0.05) is 18.2 Å². The molecule has 2 aromatic carbocycles. The van der Waals surface area contributed by atoms with Gasteiger partial charge in [0.25, 0.3) is 0 Å². The van der Waals surface area contributed by atoms with E-state index in [9.17, 15) is 4.79 Å². The fourth-order valence-electron chi connectivity index (χ4n) is 4.40. The summed E-state index contributed by atoms with van der Waals surface area (Å²) in [6.45, 7) is 0.725. The van der Waals surface area contributed by atoms with E-state index in [0.717, 1.165) is 61.3 Å². The van der Waals surface area contributed by atoms with Gasteiger partial charge in [-0.2, -0.15) is 0 Å². The van der Waals surface area contributed by atoms with Gasteiger partial charge in [-0.3, -0.25) is 9.58 Å².